The third-order valence-corrected chi connectivity index (χ3v) is 5.31. The number of nitrogens with zero attached hydrogens (tertiary/aromatic N) is 2. The van der Waals surface area contributed by atoms with Crippen LogP contribution in [0.25, 0.3) is 0 Å². The van der Waals surface area contributed by atoms with Gasteiger partial charge in [0.05, 0.1) is 10.5 Å². The summed E-state index contributed by atoms with van der Waals surface area (Å²) >= 11 is 0. The molecule has 0 amide bonds. The molecule has 0 radical (unpaired) electrons. The van der Waals surface area contributed by atoms with E-state index in [0.717, 1.165) is 22.5 Å². The van der Waals surface area contributed by atoms with Crippen molar-refractivity contribution in [3.63, 3.8) is 0 Å². The first kappa shape index (κ1) is 15.4. The number of nitriles is 1. The summed E-state index contributed by atoms with van der Waals surface area (Å²) in [6, 6.07) is 3.31. The number of carboxylic acid groups (broad SMARTS) is 1. The van der Waals surface area contributed by atoms with E-state index in [1.807, 2.05) is 0 Å². The molecule has 2 rings (SSSR count). The molecule has 112 valence electrons. The molecule has 0 aromatic heterocycles. The molecule has 1 unspecified atom stereocenters. The summed E-state index contributed by atoms with van der Waals surface area (Å²) < 4.78 is 39.2. The number of sulfonamides is 1. The van der Waals surface area contributed by atoms with Crippen molar-refractivity contribution < 1.29 is 22.7 Å². The van der Waals surface area contributed by atoms with Gasteiger partial charge in [-0.15, -0.1) is 0 Å². The zero-order valence-corrected chi connectivity index (χ0v) is 11.8. The first-order chi connectivity index (χ1) is 9.87. The van der Waals surface area contributed by atoms with Crippen LogP contribution in [0.3, 0.4) is 0 Å². The summed E-state index contributed by atoms with van der Waals surface area (Å²) in [5, 5.41) is 17.9. The van der Waals surface area contributed by atoms with E-state index in [-0.39, 0.29) is 23.4 Å². The third-order valence-electron chi connectivity index (χ3n) is 3.40. The Morgan fingerprint density at radius 3 is 2.76 bits per heavy atom. The van der Waals surface area contributed by atoms with Crippen molar-refractivity contribution in [2.75, 3.05) is 6.54 Å². The van der Waals surface area contributed by atoms with Gasteiger partial charge in [0, 0.05) is 6.54 Å². The Hall–Kier alpha value is -1.98. The highest BCUT2D eigenvalue weighted by Gasteiger charge is 2.37. The lowest BCUT2D eigenvalue weighted by Crippen LogP contribution is -2.47. The lowest BCUT2D eigenvalue weighted by molar-refractivity contribution is -0.142. The van der Waals surface area contributed by atoms with E-state index in [0.29, 0.717) is 12.8 Å². The first-order valence-corrected chi connectivity index (χ1v) is 7.76. The maximum Gasteiger partial charge on any atom is 0.322 e. The van der Waals surface area contributed by atoms with Gasteiger partial charge in [0.1, 0.15) is 17.9 Å². The lowest BCUT2D eigenvalue weighted by Gasteiger charge is -2.31. The van der Waals surface area contributed by atoms with Crippen LogP contribution in [0.5, 0.6) is 0 Å². The molecule has 0 bridgehead atoms. The number of hydrogen-bond donors (Lipinski definition) is 1. The van der Waals surface area contributed by atoms with E-state index < -0.39 is 27.9 Å². The van der Waals surface area contributed by atoms with Crippen molar-refractivity contribution in [1.82, 2.24) is 4.31 Å². The molecule has 0 aliphatic carbocycles. The fourth-order valence-electron chi connectivity index (χ4n) is 2.33. The third kappa shape index (κ3) is 2.89. The molecule has 1 aliphatic heterocycles. The van der Waals surface area contributed by atoms with E-state index in [1.165, 1.54) is 0 Å². The summed E-state index contributed by atoms with van der Waals surface area (Å²) in [6.07, 6.45) is 1.44. The number of carboxylic acids is 1. The minimum atomic E-state index is -4.07. The minimum absolute atomic E-state index is 0.0958. The number of hydrogen-bond acceptors (Lipinski definition) is 4. The molecule has 1 N–H and O–H groups in total. The van der Waals surface area contributed by atoms with Crippen molar-refractivity contribution >= 4 is 16.0 Å². The second kappa shape index (κ2) is 5.79. The van der Waals surface area contributed by atoms with Crippen LogP contribution in [0.2, 0.25) is 0 Å². The molecule has 0 saturated carbocycles. The average Bonchev–Trinajstić information content (AvgIpc) is 2.47. The summed E-state index contributed by atoms with van der Waals surface area (Å²) in [5.74, 6) is -2.02. The van der Waals surface area contributed by atoms with Gasteiger partial charge in [-0.25, -0.2) is 12.8 Å². The molecule has 6 nitrogen and oxygen atoms in total. The predicted octanol–water partition coefficient (Wildman–Crippen LogP) is 1.33. The van der Waals surface area contributed by atoms with E-state index >= 15 is 0 Å². The van der Waals surface area contributed by atoms with Crippen molar-refractivity contribution in [3.8, 4) is 6.07 Å². The molecule has 1 fully saturated rings. The van der Waals surface area contributed by atoms with E-state index in [4.69, 9.17) is 10.4 Å². The first-order valence-electron chi connectivity index (χ1n) is 6.32. The molecule has 8 heteroatoms. The van der Waals surface area contributed by atoms with Crippen molar-refractivity contribution in [2.24, 2.45) is 0 Å². The van der Waals surface area contributed by atoms with Gasteiger partial charge in [-0.3, -0.25) is 4.79 Å². The highest BCUT2D eigenvalue weighted by Crippen LogP contribution is 2.26. The van der Waals surface area contributed by atoms with Gasteiger partial charge in [-0.2, -0.15) is 9.57 Å². The Balaban J connectivity index is 2.46. The van der Waals surface area contributed by atoms with Crippen LogP contribution >= 0.6 is 0 Å². The number of piperidine rings is 1. The highest BCUT2D eigenvalue weighted by molar-refractivity contribution is 7.89. The van der Waals surface area contributed by atoms with Crippen LogP contribution in [-0.2, 0) is 14.8 Å². The summed E-state index contributed by atoms with van der Waals surface area (Å²) in [7, 11) is -4.07. The minimum Gasteiger partial charge on any atom is -0.480 e. The summed E-state index contributed by atoms with van der Waals surface area (Å²) in [5.41, 5.74) is -0.389. The van der Waals surface area contributed by atoms with Crippen LogP contribution in [0, 0.1) is 17.1 Å². The SMILES string of the molecule is N#Cc1cc(S(=O)(=O)N2CCCCC2C(=O)O)ccc1F. The second-order valence-electron chi connectivity index (χ2n) is 4.72. The van der Waals surface area contributed by atoms with Crippen molar-refractivity contribution in [2.45, 2.75) is 30.2 Å². The quantitative estimate of drug-likeness (QED) is 0.907. The molecular formula is C13H13FN2O4S. The molecule has 0 spiro atoms. The average molecular weight is 312 g/mol. The molecule has 1 saturated heterocycles. The Morgan fingerprint density at radius 2 is 2.14 bits per heavy atom. The molecule has 1 heterocycles. The Bertz CT molecular complexity index is 711. The van der Waals surface area contributed by atoms with Gasteiger partial charge in [0.15, 0.2) is 0 Å². The number of rotatable bonds is 3. The van der Waals surface area contributed by atoms with Crippen LogP contribution in [0.15, 0.2) is 23.1 Å². The molecule has 1 atom stereocenters. The van der Waals surface area contributed by atoms with Crippen LogP contribution < -0.4 is 0 Å². The van der Waals surface area contributed by atoms with E-state index in [2.05, 4.69) is 0 Å². The molecule has 21 heavy (non-hydrogen) atoms. The zero-order chi connectivity index (χ0) is 15.6. The largest absolute Gasteiger partial charge is 0.480 e. The fourth-order valence-corrected chi connectivity index (χ4v) is 4.00. The maximum absolute atomic E-state index is 13.3. The van der Waals surface area contributed by atoms with Gasteiger partial charge in [0.2, 0.25) is 10.0 Å². The van der Waals surface area contributed by atoms with Crippen LogP contribution in [0.4, 0.5) is 4.39 Å². The van der Waals surface area contributed by atoms with Gasteiger partial charge >= 0.3 is 5.97 Å². The molecule has 1 aliphatic rings. The lowest BCUT2D eigenvalue weighted by atomic mass is 10.1. The number of carbonyl (C=O) groups is 1. The monoisotopic (exact) mass is 312 g/mol. The number of benzene rings is 1. The fraction of sp³-hybridized carbons (Fsp3) is 0.385. The van der Waals surface area contributed by atoms with E-state index in [1.54, 1.807) is 6.07 Å². The van der Waals surface area contributed by atoms with Gasteiger partial charge in [0.25, 0.3) is 0 Å². The molecule has 1 aromatic rings. The Kier molecular flexibility index (Phi) is 4.25. The summed E-state index contributed by atoms with van der Waals surface area (Å²) in [4.78, 5) is 10.9. The highest BCUT2D eigenvalue weighted by atomic mass is 32.2. The topological polar surface area (TPSA) is 98.5 Å². The normalized spacial score (nSPS) is 19.9. The van der Waals surface area contributed by atoms with Crippen molar-refractivity contribution in [1.29, 1.82) is 5.26 Å². The van der Waals surface area contributed by atoms with Gasteiger partial charge < -0.3 is 5.11 Å². The van der Waals surface area contributed by atoms with E-state index in [9.17, 15) is 17.6 Å². The number of aliphatic carboxylic acids is 1. The summed E-state index contributed by atoms with van der Waals surface area (Å²) in [6.45, 7) is 0.0958. The zero-order valence-electron chi connectivity index (χ0n) is 11.0. The van der Waals surface area contributed by atoms with Crippen molar-refractivity contribution in [3.05, 3.63) is 29.6 Å². The number of halogens is 1. The van der Waals surface area contributed by atoms with Crippen LogP contribution in [-0.4, -0.2) is 36.4 Å². The maximum atomic E-state index is 13.3. The predicted molar refractivity (Wildman–Crippen MR) is 70.3 cm³/mol. The standard InChI is InChI=1S/C13H13FN2O4S/c14-11-5-4-10(7-9(11)8-15)21(19,20)16-6-2-1-3-12(16)13(17)18/h4-5,7,12H,1-3,6H2,(H,17,18). The Labute approximate surface area is 121 Å². The molecule has 1 aromatic carbocycles. The second-order valence-corrected chi connectivity index (χ2v) is 6.61. The van der Waals surface area contributed by atoms with Crippen LogP contribution in [0.1, 0.15) is 24.8 Å². The smallest absolute Gasteiger partial charge is 0.322 e. The van der Waals surface area contributed by atoms with Gasteiger partial charge in [-0.05, 0) is 37.5 Å². The van der Waals surface area contributed by atoms with Gasteiger partial charge in [-0.1, -0.05) is 0 Å². The molecular weight excluding hydrogens is 299 g/mol. The Morgan fingerprint density at radius 1 is 1.43 bits per heavy atom.